The van der Waals surface area contributed by atoms with Crippen LogP contribution in [-0.4, -0.2) is 5.78 Å². The Hall–Kier alpha value is -1.83. The van der Waals surface area contributed by atoms with Crippen molar-refractivity contribution in [2.75, 3.05) is 0 Å². The van der Waals surface area contributed by atoms with Crippen molar-refractivity contribution in [1.82, 2.24) is 0 Å². The van der Waals surface area contributed by atoms with Gasteiger partial charge in [0.15, 0.2) is 5.78 Å². The molecule has 1 aromatic heterocycles. The van der Waals surface area contributed by atoms with Gasteiger partial charge in [-0.3, -0.25) is 4.79 Å². The van der Waals surface area contributed by atoms with Crippen molar-refractivity contribution in [3.05, 3.63) is 59.0 Å². The minimum atomic E-state index is 0.0384. The van der Waals surface area contributed by atoms with Gasteiger partial charge in [-0.1, -0.05) is 52.0 Å². The molecule has 2 heteroatoms. The smallest absolute Gasteiger partial charge is 0.196 e. The summed E-state index contributed by atoms with van der Waals surface area (Å²) in [6, 6.07) is 9.71. The Labute approximate surface area is 120 Å². The van der Waals surface area contributed by atoms with Crippen LogP contribution < -0.4 is 0 Å². The van der Waals surface area contributed by atoms with Crippen LogP contribution in [0.2, 0.25) is 0 Å². The third kappa shape index (κ3) is 2.69. The maximum absolute atomic E-state index is 12.5. The molecule has 0 aliphatic rings. The van der Waals surface area contributed by atoms with Crippen LogP contribution in [0.1, 0.15) is 61.4 Å². The highest BCUT2D eigenvalue weighted by molar-refractivity contribution is 6.09. The molecule has 20 heavy (non-hydrogen) atoms. The lowest BCUT2D eigenvalue weighted by Crippen LogP contribution is -2.15. The van der Waals surface area contributed by atoms with E-state index in [4.69, 9.17) is 4.42 Å². The predicted octanol–water partition coefficient (Wildman–Crippen LogP) is 4.76. The van der Waals surface area contributed by atoms with E-state index in [1.54, 1.807) is 12.3 Å². The molecule has 106 valence electrons. The average molecular weight is 270 g/mol. The Balaban J connectivity index is 2.29. The summed E-state index contributed by atoms with van der Waals surface area (Å²) in [5.74, 6) is 0.796. The zero-order chi connectivity index (χ0) is 14.8. The van der Waals surface area contributed by atoms with Crippen molar-refractivity contribution < 1.29 is 9.21 Å². The van der Waals surface area contributed by atoms with Gasteiger partial charge in [-0.25, -0.2) is 0 Å². The average Bonchev–Trinajstić information content (AvgIpc) is 2.95. The lowest BCUT2D eigenvalue weighted by molar-refractivity contribution is 0.103. The van der Waals surface area contributed by atoms with Crippen molar-refractivity contribution in [3.63, 3.8) is 0 Å². The van der Waals surface area contributed by atoms with Crippen molar-refractivity contribution in [2.24, 2.45) is 0 Å². The first-order chi connectivity index (χ1) is 9.49. The monoisotopic (exact) mass is 270 g/mol. The van der Waals surface area contributed by atoms with E-state index in [0.717, 1.165) is 24.2 Å². The van der Waals surface area contributed by atoms with E-state index >= 15 is 0 Å². The molecule has 1 aromatic carbocycles. The molecule has 0 radical (unpaired) electrons. The second kappa shape index (κ2) is 5.66. The Bertz CT molecular complexity index is 588. The highest BCUT2D eigenvalue weighted by Crippen LogP contribution is 2.27. The van der Waals surface area contributed by atoms with Crippen molar-refractivity contribution in [3.8, 4) is 0 Å². The molecule has 0 aliphatic carbocycles. The number of hydrogen-bond donors (Lipinski definition) is 0. The molecule has 0 amide bonds. The second-order valence-electron chi connectivity index (χ2n) is 5.75. The summed E-state index contributed by atoms with van der Waals surface area (Å²) in [7, 11) is 0. The first-order valence-corrected chi connectivity index (χ1v) is 7.21. The van der Waals surface area contributed by atoms with Gasteiger partial charge in [0.1, 0.15) is 5.76 Å². The summed E-state index contributed by atoms with van der Waals surface area (Å²) in [5, 5.41) is 0. The van der Waals surface area contributed by atoms with Crippen LogP contribution in [-0.2, 0) is 11.8 Å². The van der Waals surface area contributed by atoms with E-state index in [0.29, 0.717) is 5.56 Å². The molecule has 0 unspecified atom stereocenters. The molecule has 2 nitrogen and oxygen atoms in total. The van der Waals surface area contributed by atoms with Gasteiger partial charge in [-0.15, -0.1) is 0 Å². The lowest BCUT2D eigenvalue weighted by Gasteiger charge is -2.23. The molecule has 2 rings (SSSR count). The molecule has 1 heterocycles. The standard InChI is InChI=1S/C18H22O2/c1-5-16-15(11-12-20-16)17(19)13-7-9-14(10-8-13)18(3,4)6-2/h7-12H,5-6H2,1-4H3. The third-order valence-corrected chi connectivity index (χ3v) is 4.12. The topological polar surface area (TPSA) is 30.2 Å². The lowest BCUT2D eigenvalue weighted by atomic mass is 9.82. The highest BCUT2D eigenvalue weighted by atomic mass is 16.3. The molecular formula is C18H22O2. The molecule has 0 spiro atoms. The molecule has 0 N–H and O–H groups in total. The van der Waals surface area contributed by atoms with Crippen molar-refractivity contribution in [1.29, 1.82) is 0 Å². The molecular weight excluding hydrogens is 248 g/mol. The number of hydrogen-bond acceptors (Lipinski definition) is 2. The van der Waals surface area contributed by atoms with Gasteiger partial charge in [0, 0.05) is 12.0 Å². The van der Waals surface area contributed by atoms with Crippen molar-refractivity contribution in [2.45, 2.75) is 46.0 Å². The number of carbonyl (C=O) groups is 1. The van der Waals surface area contributed by atoms with E-state index < -0.39 is 0 Å². The van der Waals surface area contributed by atoms with Gasteiger partial charge in [0.2, 0.25) is 0 Å². The largest absolute Gasteiger partial charge is 0.469 e. The normalized spacial score (nSPS) is 11.6. The fraction of sp³-hybridized carbons (Fsp3) is 0.389. The van der Waals surface area contributed by atoms with E-state index in [2.05, 4.69) is 32.9 Å². The predicted molar refractivity (Wildman–Crippen MR) is 81.3 cm³/mol. The minimum absolute atomic E-state index is 0.0384. The molecule has 0 bridgehead atoms. The fourth-order valence-corrected chi connectivity index (χ4v) is 2.25. The number of carbonyl (C=O) groups excluding carboxylic acids is 1. The van der Waals surface area contributed by atoms with Gasteiger partial charge < -0.3 is 4.42 Å². The van der Waals surface area contributed by atoms with E-state index in [1.165, 1.54) is 5.56 Å². The first kappa shape index (κ1) is 14.6. The van der Waals surface area contributed by atoms with Crippen molar-refractivity contribution >= 4 is 5.78 Å². The summed E-state index contributed by atoms with van der Waals surface area (Å²) >= 11 is 0. The number of aryl methyl sites for hydroxylation is 1. The summed E-state index contributed by atoms with van der Waals surface area (Å²) in [4.78, 5) is 12.5. The zero-order valence-corrected chi connectivity index (χ0v) is 12.7. The van der Waals surface area contributed by atoms with Gasteiger partial charge in [-0.05, 0) is 23.5 Å². The maximum Gasteiger partial charge on any atom is 0.196 e. The van der Waals surface area contributed by atoms with Crippen LogP contribution in [0, 0.1) is 0 Å². The quantitative estimate of drug-likeness (QED) is 0.733. The third-order valence-electron chi connectivity index (χ3n) is 4.12. The van der Waals surface area contributed by atoms with Crippen LogP contribution in [0.25, 0.3) is 0 Å². The number of furan rings is 1. The van der Waals surface area contributed by atoms with Gasteiger partial charge >= 0.3 is 0 Å². The van der Waals surface area contributed by atoms with Crippen LogP contribution in [0.3, 0.4) is 0 Å². The first-order valence-electron chi connectivity index (χ1n) is 7.21. The minimum Gasteiger partial charge on any atom is -0.469 e. The second-order valence-corrected chi connectivity index (χ2v) is 5.75. The summed E-state index contributed by atoms with van der Waals surface area (Å²) in [6.07, 6.45) is 3.39. The van der Waals surface area contributed by atoms with E-state index in [1.807, 2.05) is 19.1 Å². The van der Waals surface area contributed by atoms with Crippen LogP contribution >= 0.6 is 0 Å². The van der Waals surface area contributed by atoms with Crippen LogP contribution in [0.5, 0.6) is 0 Å². The summed E-state index contributed by atoms with van der Waals surface area (Å²) in [5.41, 5.74) is 2.80. The maximum atomic E-state index is 12.5. The van der Waals surface area contributed by atoms with Gasteiger partial charge in [-0.2, -0.15) is 0 Å². The molecule has 0 fully saturated rings. The molecule has 0 aliphatic heterocycles. The number of benzene rings is 1. The molecule has 2 aromatic rings. The Morgan fingerprint density at radius 2 is 1.75 bits per heavy atom. The number of ketones is 1. The zero-order valence-electron chi connectivity index (χ0n) is 12.7. The molecule has 0 saturated heterocycles. The van der Waals surface area contributed by atoms with Gasteiger partial charge in [0.05, 0.1) is 11.8 Å². The number of rotatable bonds is 5. The SMILES string of the molecule is CCc1occc1C(=O)c1ccc(C(C)(C)CC)cc1. The van der Waals surface area contributed by atoms with Gasteiger partial charge in [0.25, 0.3) is 0 Å². The fourth-order valence-electron chi connectivity index (χ4n) is 2.25. The van der Waals surface area contributed by atoms with E-state index in [-0.39, 0.29) is 11.2 Å². The summed E-state index contributed by atoms with van der Waals surface area (Å²) in [6.45, 7) is 8.60. The Morgan fingerprint density at radius 1 is 1.10 bits per heavy atom. The molecule has 0 atom stereocenters. The van der Waals surface area contributed by atoms with Crippen LogP contribution in [0.15, 0.2) is 41.0 Å². The highest BCUT2D eigenvalue weighted by Gasteiger charge is 2.19. The Morgan fingerprint density at radius 3 is 2.30 bits per heavy atom. The van der Waals surface area contributed by atoms with Crippen LogP contribution in [0.4, 0.5) is 0 Å². The summed E-state index contributed by atoms with van der Waals surface area (Å²) < 4.78 is 5.33. The Kier molecular flexibility index (Phi) is 4.12. The van der Waals surface area contributed by atoms with E-state index in [9.17, 15) is 4.79 Å². The molecule has 0 saturated carbocycles.